The summed E-state index contributed by atoms with van der Waals surface area (Å²) < 4.78 is 10.5. The average molecular weight is 130 g/mol. The minimum atomic E-state index is -0.453. The van der Waals surface area contributed by atoms with Gasteiger partial charge in [-0.25, -0.2) is 0 Å². The van der Waals surface area contributed by atoms with Gasteiger partial charge >= 0.3 is 0 Å². The molecule has 1 radical (unpaired) electrons. The normalized spacial score (nSPS) is 33.0. The van der Waals surface area contributed by atoms with E-state index in [1.54, 1.807) is 0 Å². The Kier molecular flexibility index (Phi) is 1.75. The third kappa shape index (κ3) is 1.64. The van der Waals surface area contributed by atoms with E-state index in [2.05, 4.69) is 0 Å². The molecule has 0 aromatic rings. The predicted octanol–water partition coefficient (Wildman–Crippen LogP) is 0.421. The van der Waals surface area contributed by atoms with Gasteiger partial charge in [0.1, 0.15) is 0 Å². The van der Waals surface area contributed by atoms with Crippen molar-refractivity contribution in [3.8, 4) is 0 Å². The molecule has 1 saturated heterocycles. The first kappa shape index (κ1) is 6.99. The van der Waals surface area contributed by atoms with Crippen LogP contribution in [-0.2, 0) is 9.47 Å². The summed E-state index contributed by atoms with van der Waals surface area (Å²) in [4.78, 5) is 0. The number of rotatable bonds is 1. The smallest absolute Gasteiger partial charge is 0.163 e. The van der Waals surface area contributed by atoms with Gasteiger partial charge in [0, 0.05) is 6.54 Å². The van der Waals surface area contributed by atoms with Crippen LogP contribution in [-0.4, -0.2) is 25.0 Å². The summed E-state index contributed by atoms with van der Waals surface area (Å²) in [7, 11) is 0. The molecule has 1 fully saturated rings. The molecule has 1 aliphatic heterocycles. The standard InChI is InChI=1S/C6H12NO2/c1-6(2)8-4-5(3-7)9-6/h5,7H,3-4H2,1-2H3/t5-/m0/s1. The summed E-state index contributed by atoms with van der Waals surface area (Å²) in [5.41, 5.74) is 6.97. The van der Waals surface area contributed by atoms with Crippen molar-refractivity contribution in [2.75, 3.05) is 13.2 Å². The maximum absolute atomic E-state index is 6.97. The van der Waals surface area contributed by atoms with Crippen molar-refractivity contribution in [1.82, 2.24) is 5.73 Å². The van der Waals surface area contributed by atoms with Crippen molar-refractivity contribution >= 4 is 0 Å². The van der Waals surface area contributed by atoms with E-state index in [1.165, 1.54) is 0 Å². The highest BCUT2D eigenvalue weighted by molar-refractivity contribution is 4.70. The molecule has 0 bridgehead atoms. The van der Waals surface area contributed by atoms with E-state index in [0.717, 1.165) is 0 Å². The molecule has 9 heavy (non-hydrogen) atoms. The van der Waals surface area contributed by atoms with Gasteiger partial charge < -0.3 is 9.47 Å². The minimum Gasteiger partial charge on any atom is -0.348 e. The van der Waals surface area contributed by atoms with Crippen LogP contribution >= 0.6 is 0 Å². The van der Waals surface area contributed by atoms with Gasteiger partial charge in [-0.2, -0.15) is 0 Å². The Bertz CT molecular complexity index is 103. The number of ether oxygens (including phenoxy) is 2. The minimum absolute atomic E-state index is 0.0139. The zero-order chi connectivity index (χ0) is 6.91. The predicted molar refractivity (Wildman–Crippen MR) is 32.9 cm³/mol. The molecule has 1 heterocycles. The Morgan fingerprint density at radius 1 is 1.67 bits per heavy atom. The lowest BCUT2D eigenvalue weighted by molar-refractivity contribution is -0.137. The van der Waals surface area contributed by atoms with Crippen molar-refractivity contribution in [3.63, 3.8) is 0 Å². The van der Waals surface area contributed by atoms with E-state index < -0.39 is 5.79 Å². The second-order valence-electron chi connectivity index (χ2n) is 2.65. The molecule has 0 amide bonds. The van der Waals surface area contributed by atoms with Gasteiger partial charge in [-0.1, -0.05) is 0 Å². The molecule has 1 atom stereocenters. The molecule has 53 valence electrons. The Hall–Kier alpha value is -0.120. The van der Waals surface area contributed by atoms with Crippen LogP contribution in [0.3, 0.4) is 0 Å². The van der Waals surface area contributed by atoms with Crippen molar-refractivity contribution in [3.05, 3.63) is 0 Å². The lowest BCUT2D eigenvalue weighted by atomic mass is 10.4. The molecule has 0 unspecified atom stereocenters. The largest absolute Gasteiger partial charge is 0.348 e. The number of hydrogen-bond donors (Lipinski definition) is 0. The Balaban J connectivity index is 2.38. The molecular weight excluding hydrogens is 118 g/mol. The van der Waals surface area contributed by atoms with E-state index in [9.17, 15) is 0 Å². The van der Waals surface area contributed by atoms with Crippen molar-refractivity contribution < 1.29 is 9.47 Å². The van der Waals surface area contributed by atoms with E-state index >= 15 is 0 Å². The van der Waals surface area contributed by atoms with Gasteiger partial charge in [-0.15, -0.1) is 0 Å². The average Bonchev–Trinajstić information content (AvgIpc) is 2.10. The molecule has 3 nitrogen and oxygen atoms in total. The van der Waals surface area contributed by atoms with Crippen molar-refractivity contribution in [2.24, 2.45) is 0 Å². The first-order chi connectivity index (χ1) is 4.14. The first-order valence-corrected chi connectivity index (χ1v) is 3.10. The summed E-state index contributed by atoms with van der Waals surface area (Å²) in [6, 6.07) is 0. The topological polar surface area (TPSA) is 42.3 Å². The molecule has 1 aliphatic rings. The fourth-order valence-electron chi connectivity index (χ4n) is 0.864. The van der Waals surface area contributed by atoms with Crippen LogP contribution in [0.25, 0.3) is 0 Å². The van der Waals surface area contributed by atoms with Crippen LogP contribution in [0, 0.1) is 0 Å². The highest BCUT2D eigenvalue weighted by atomic mass is 16.7. The van der Waals surface area contributed by atoms with Crippen LogP contribution in [0.2, 0.25) is 0 Å². The lowest BCUT2D eigenvalue weighted by Crippen LogP contribution is -2.23. The summed E-state index contributed by atoms with van der Waals surface area (Å²) in [6.07, 6.45) is -0.0139. The Labute approximate surface area is 55.1 Å². The molecule has 0 aliphatic carbocycles. The van der Waals surface area contributed by atoms with E-state index in [0.29, 0.717) is 13.2 Å². The maximum atomic E-state index is 6.97. The van der Waals surface area contributed by atoms with Crippen molar-refractivity contribution in [1.29, 1.82) is 0 Å². The number of nitrogens with one attached hydrogen (secondary N) is 1. The summed E-state index contributed by atoms with van der Waals surface area (Å²) in [5, 5.41) is 0. The second kappa shape index (κ2) is 2.25. The molecule has 0 aromatic carbocycles. The van der Waals surface area contributed by atoms with Crippen molar-refractivity contribution in [2.45, 2.75) is 25.7 Å². The first-order valence-electron chi connectivity index (χ1n) is 3.10. The van der Waals surface area contributed by atoms with Crippen LogP contribution in [0.4, 0.5) is 0 Å². The Morgan fingerprint density at radius 3 is 2.56 bits per heavy atom. The zero-order valence-corrected chi connectivity index (χ0v) is 5.81. The van der Waals surface area contributed by atoms with E-state index in [1.807, 2.05) is 13.8 Å². The SMILES string of the molecule is CC1(C)OC[C@H](C[NH])O1. The highest BCUT2D eigenvalue weighted by Crippen LogP contribution is 2.21. The Morgan fingerprint density at radius 2 is 2.33 bits per heavy atom. The van der Waals surface area contributed by atoms with Gasteiger partial charge in [0.15, 0.2) is 5.79 Å². The number of hydrogen-bond acceptors (Lipinski definition) is 2. The third-order valence-electron chi connectivity index (χ3n) is 1.29. The lowest BCUT2D eigenvalue weighted by Gasteiger charge is -2.15. The van der Waals surface area contributed by atoms with Crippen LogP contribution in [0.5, 0.6) is 0 Å². The molecular formula is C6H12NO2. The van der Waals surface area contributed by atoms with Gasteiger partial charge in [-0.05, 0) is 13.8 Å². The molecule has 0 spiro atoms. The monoisotopic (exact) mass is 130 g/mol. The molecule has 0 saturated carbocycles. The van der Waals surface area contributed by atoms with Crippen LogP contribution in [0.1, 0.15) is 13.8 Å². The zero-order valence-electron chi connectivity index (χ0n) is 5.81. The fourth-order valence-corrected chi connectivity index (χ4v) is 0.864. The summed E-state index contributed by atoms with van der Waals surface area (Å²) in [5.74, 6) is -0.453. The fraction of sp³-hybridized carbons (Fsp3) is 1.00. The third-order valence-corrected chi connectivity index (χ3v) is 1.29. The molecule has 1 rings (SSSR count). The summed E-state index contributed by atoms with van der Waals surface area (Å²) >= 11 is 0. The highest BCUT2D eigenvalue weighted by Gasteiger charge is 2.31. The van der Waals surface area contributed by atoms with E-state index in [4.69, 9.17) is 15.2 Å². The van der Waals surface area contributed by atoms with Crippen LogP contribution in [0.15, 0.2) is 0 Å². The van der Waals surface area contributed by atoms with Gasteiger partial charge in [0.2, 0.25) is 0 Å². The molecule has 1 N–H and O–H groups in total. The van der Waals surface area contributed by atoms with Crippen LogP contribution < -0.4 is 5.73 Å². The van der Waals surface area contributed by atoms with Gasteiger partial charge in [0.25, 0.3) is 0 Å². The van der Waals surface area contributed by atoms with Gasteiger partial charge in [0.05, 0.1) is 12.7 Å². The second-order valence-corrected chi connectivity index (χ2v) is 2.65. The van der Waals surface area contributed by atoms with Gasteiger partial charge in [-0.3, -0.25) is 5.73 Å². The molecule has 0 aromatic heterocycles. The maximum Gasteiger partial charge on any atom is 0.163 e. The van der Waals surface area contributed by atoms with E-state index in [-0.39, 0.29) is 6.10 Å². The quantitative estimate of drug-likeness (QED) is 0.516. The molecule has 3 heteroatoms. The summed E-state index contributed by atoms with van der Waals surface area (Å²) in [6.45, 7) is 4.59.